The number of pyridine rings is 1. The minimum atomic E-state index is -4.58. The van der Waals surface area contributed by atoms with E-state index in [1.165, 1.54) is 6.07 Å². The van der Waals surface area contributed by atoms with Gasteiger partial charge in [0.15, 0.2) is 11.6 Å². The van der Waals surface area contributed by atoms with Crippen LogP contribution in [-0.4, -0.2) is 31.4 Å². The SMILES string of the molecule is CN(Cc1cccc(F)c1F)S(=O)(=O)c1cc(F)cnc1OC(F)F. The summed E-state index contributed by atoms with van der Waals surface area (Å²) in [5.74, 6) is -4.56. The van der Waals surface area contributed by atoms with Gasteiger partial charge in [-0.05, 0) is 6.07 Å². The maximum absolute atomic E-state index is 13.7. The van der Waals surface area contributed by atoms with E-state index < -0.39 is 51.4 Å². The predicted molar refractivity (Wildman–Crippen MR) is 75.8 cm³/mol. The summed E-state index contributed by atoms with van der Waals surface area (Å²) in [4.78, 5) is 2.22. The topological polar surface area (TPSA) is 59.5 Å². The van der Waals surface area contributed by atoms with Crippen molar-refractivity contribution in [3.63, 3.8) is 0 Å². The standard InChI is InChI=1S/C14H11F5N2O3S/c1-21(7-8-3-2-4-10(16)12(8)17)25(22,23)11-5-9(15)6-20-13(11)24-14(18)19/h2-6,14H,7H2,1H3. The Bertz CT molecular complexity index is 877. The fraction of sp³-hybridized carbons (Fsp3) is 0.214. The first-order valence-corrected chi connectivity index (χ1v) is 8.06. The molecule has 1 heterocycles. The van der Waals surface area contributed by atoms with Crippen molar-refractivity contribution in [1.82, 2.24) is 9.29 Å². The monoisotopic (exact) mass is 382 g/mol. The number of benzene rings is 1. The highest BCUT2D eigenvalue weighted by Gasteiger charge is 2.29. The van der Waals surface area contributed by atoms with Crippen LogP contribution < -0.4 is 4.74 Å². The molecule has 1 aromatic heterocycles. The minimum Gasteiger partial charge on any atom is -0.415 e. The molecule has 0 radical (unpaired) electrons. The van der Waals surface area contributed by atoms with E-state index in [9.17, 15) is 30.4 Å². The maximum atomic E-state index is 13.7. The van der Waals surface area contributed by atoms with Crippen LogP contribution in [0.5, 0.6) is 5.88 Å². The third-order valence-electron chi connectivity index (χ3n) is 3.10. The average molecular weight is 382 g/mol. The molecule has 1 aromatic carbocycles. The molecule has 0 saturated heterocycles. The van der Waals surface area contributed by atoms with Crippen LogP contribution in [0.2, 0.25) is 0 Å². The van der Waals surface area contributed by atoms with Gasteiger partial charge in [0.1, 0.15) is 10.7 Å². The molecule has 2 aromatic rings. The Balaban J connectivity index is 2.40. The third-order valence-corrected chi connectivity index (χ3v) is 4.90. The molecule has 0 spiro atoms. The zero-order valence-corrected chi connectivity index (χ0v) is 13.4. The Morgan fingerprint density at radius 3 is 2.56 bits per heavy atom. The van der Waals surface area contributed by atoms with E-state index in [0.29, 0.717) is 16.6 Å². The number of alkyl halides is 2. The molecule has 0 fully saturated rings. The van der Waals surface area contributed by atoms with Crippen LogP contribution in [0.3, 0.4) is 0 Å². The van der Waals surface area contributed by atoms with Gasteiger partial charge in [-0.2, -0.15) is 13.1 Å². The van der Waals surface area contributed by atoms with Gasteiger partial charge >= 0.3 is 6.61 Å². The first kappa shape index (κ1) is 19.1. The first-order valence-electron chi connectivity index (χ1n) is 6.62. The van der Waals surface area contributed by atoms with Gasteiger partial charge in [-0.1, -0.05) is 12.1 Å². The van der Waals surface area contributed by atoms with Crippen molar-refractivity contribution in [2.24, 2.45) is 0 Å². The number of sulfonamides is 1. The molecule has 11 heteroatoms. The maximum Gasteiger partial charge on any atom is 0.388 e. The molecule has 5 nitrogen and oxygen atoms in total. The smallest absolute Gasteiger partial charge is 0.388 e. The quantitative estimate of drug-likeness (QED) is 0.721. The molecule has 0 atom stereocenters. The number of rotatable bonds is 6. The van der Waals surface area contributed by atoms with Crippen molar-refractivity contribution in [2.75, 3.05) is 7.05 Å². The minimum absolute atomic E-state index is 0.299. The van der Waals surface area contributed by atoms with E-state index in [4.69, 9.17) is 0 Å². The number of aromatic nitrogens is 1. The van der Waals surface area contributed by atoms with Gasteiger partial charge in [-0.3, -0.25) is 0 Å². The molecule has 0 N–H and O–H groups in total. The fourth-order valence-electron chi connectivity index (χ4n) is 1.93. The zero-order chi connectivity index (χ0) is 18.8. The Labute approximate surface area is 139 Å². The van der Waals surface area contributed by atoms with Gasteiger partial charge in [0.05, 0.1) is 6.20 Å². The largest absolute Gasteiger partial charge is 0.415 e. The third kappa shape index (κ3) is 4.23. The van der Waals surface area contributed by atoms with Gasteiger partial charge in [0, 0.05) is 25.2 Å². The highest BCUT2D eigenvalue weighted by Crippen LogP contribution is 2.27. The van der Waals surface area contributed by atoms with Crippen molar-refractivity contribution in [2.45, 2.75) is 18.1 Å². The molecule has 25 heavy (non-hydrogen) atoms. The van der Waals surface area contributed by atoms with E-state index >= 15 is 0 Å². The van der Waals surface area contributed by atoms with Gasteiger partial charge < -0.3 is 4.74 Å². The van der Waals surface area contributed by atoms with Crippen molar-refractivity contribution in [1.29, 1.82) is 0 Å². The predicted octanol–water partition coefficient (Wildman–Crippen LogP) is 2.92. The molecular formula is C14H11F5N2O3S. The molecule has 0 saturated carbocycles. The molecular weight excluding hydrogens is 371 g/mol. The second-order valence-corrected chi connectivity index (χ2v) is 6.82. The average Bonchev–Trinajstić information content (AvgIpc) is 2.53. The second-order valence-electron chi connectivity index (χ2n) is 4.81. The van der Waals surface area contributed by atoms with Crippen LogP contribution in [-0.2, 0) is 16.6 Å². The summed E-state index contributed by atoms with van der Waals surface area (Å²) >= 11 is 0. The van der Waals surface area contributed by atoms with Crippen LogP contribution >= 0.6 is 0 Å². The lowest BCUT2D eigenvalue weighted by Crippen LogP contribution is -2.28. The molecule has 0 aliphatic heterocycles. The number of ether oxygens (including phenoxy) is 1. The highest BCUT2D eigenvalue weighted by molar-refractivity contribution is 7.89. The van der Waals surface area contributed by atoms with Crippen molar-refractivity contribution in [3.8, 4) is 5.88 Å². The Kier molecular flexibility index (Phi) is 5.58. The van der Waals surface area contributed by atoms with Gasteiger partial charge in [0.2, 0.25) is 15.9 Å². The van der Waals surface area contributed by atoms with E-state index in [1.54, 1.807) is 0 Å². The summed E-state index contributed by atoms with van der Waals surface area (Å²) in [6.45, 7) is -4.02. The number of hydrogen-bond acceptors (Lipinski definition) is 4. The van der Waals surface area contributed by atoms with E-state index in [1.807, 2.05) is 0 Å². The first-order chi connectivity index (χ1) is 11.6. The van der Waals surface area contributed by atoms with Crippen LogP contribution in [0.1, 0.15) is 5.56 Å². The lowest BCUT2D eigenvalue weighted by atomic mass is 10.2. The van der Waals surface area contributed by atoms with Crippen molar-refractivity contribution >= 4 is 10.0 Å². The van der Waals surface area contributed by atoms with E-state index in [2.05, 4.69) is 9.72 Å². The normalized spacial score (nSPS) is 12.0. The fourth-order valence-corrected chi connectivity index (χ4v) is 3.16. The molecule has 0 bridgehead atoms. The van der Waals surface area contributed by atoms with E-state index in [0.717, 1.165) is 19.2 Å². The molecule has 0 aliphatic rings. The summed E-state index contributed by atoms with van der Waals surface area (Å²) in [5.41, 5.74) is -0.299. The Hall–Kier alpha value is -2.27. The molecule has 0 amide bonds. The number of halogens is 5. The molecule has 2 rings (SSSR count). The second kappa shape index (κ2) is 7.31. The molecule has 0 aliphatic carbocycles. The van der Waals surface area contributed by atoms with Gasteiger partial charge in [-0.15, -0.1) is 0 Å². The Morgan fingerprint density at radius 2 is 1.92 bits per heavy atom. The summed E-state index contributed by atoms with van der Waals surface area (Å²) in [6, 6.07) is 3.60. The number of hydrogen-bond donors (Lipinski definition) is 0. The summed E-state index contributed by atoms with van der Waals surface area (Å²) in [7, 11) is -3.60. The number of nitrogens with zero attached hydrogens (tertiary/aromatic N) is 2. The lowest BCUT2D eigenvalue weighted by Gasteiger charge is -2.19. The van der Waals surface area contributed by atoms with Gasteiger partial charge in [-0.25, -0.2) is 26.6 Å². The van der Waals surface area contributed by atoms with Crippen molar-refractivity contribution in [3.05, 3.63) is 53.5 Å². The molecule has 0 unspecified atom stereocenters. The summed E-state index contributed by atoms with van der Waals surface area (Å²) < 4.78 is 94.4. The molecule has 136 valence electrons. The lowest BCUT2D eigenvalue weighted by molar-refractivity contribution is -0.0550. The Morgan fingerprint density at radius 1 is 1.24 bits per heavy atom. The highest BCUT2D eigenvalue weighted by atomic mass is 32.2. The summed E-state index contributed by atoms with van der Waals surface area (Å²) in [6.07, 6.45) is 0.503. The zero-order valence-electron chi connectivity index (χ0n) is 12.6. The van der Waals surface area contributed by atoms with Crippen LogP contribution in [0.25, 0.3) is 0 Å². The van der Waals surface area contributed by atoms with Crippen LogP contribution in [0.15, 0.2) is 35.4 Å². The van der Waals surface area contributed by atoms with Crippen LogP contribution in [0.4, 0.5) is 22.0 Å². The summed E-state index contributed by atoms with van der Waals surface area (Å²) in [5, 5.41) is 0. The van der Waals surface area contributed by atoms with E-state index in [-0.39, 0.29) is 5.56 Å². The van der Waals surface area contributed by atoms with Crippen LogP contribution in [0, 0.1) is 17.5 Å². The van der Waals surface area contributed by atoms with Gasteiger partial charge in [0.25, 0.3) is 0 Å². The van der Waals surface area contributed by atoms with Crippen molar-refractivity contribution < 1.29 is 35.1 Å².